The van der Waals surface area contributed by atoms with Gasteiger partial charge in [-0.2, -0.15) is 0 Å². The second-order valence-corrected chi connectivity index (χ2v) is 7.51. The normalized spacial score (nSPS) is 12.1. The van der Waals surface area contributed by atoms with Crippen LogP contribution in [-0.4, -0.2) is 25.6 Å². The molecule has 0 bridgehead atoms. The zero-order chi connectivity index (χ0) is 20.7. The van der Waals surface area contributed by atoms with Gasteiger partial charge in [-0.05, 0) is 28.7 Å². The van der Waals surface area contributed by atoms with Crippen LogP contribution in [0.4, 0.5) is 0 Å². The lowest BCUT2D eigenvalue weighted by atomic mass is 9.86. The predicted molar refractivity (Wildman–Crippen MR) is 104 cm³/mol. The van der Waals surface area contributed by atoms with Gasteiger partial charge in [-0.3, -0.25) is 4.79 Å². The summed E-state index contributed by atoms with van der Waals surface area (Å²) < 4.78 is 10.7. The number of carboxylic acid groups (broad SMARTS) is 1. The van der Waals surface area contributed by atoms with Crippen molar-refractivity contribution in [3.63, 3.8) is 0 Å². The highest BCUT2D eigenvalue weighted by Crippen LogP contribution is 2.26. The number of nitrogens with one attached hydrogen (secondary N) is 1. The fourth-order valence-electron chi connectivity index (χ4n) is 2.75. The molecule has 0 aromatic heterocycles. The van der Waals surface area contributed by atoms with Crippen LogP contribution < -0.4 is 19.9 Å². The van der Waals surface area contributed by atoms with Crippen LogP contribution in [0.3, 0.4) is 0 Å². The average molecular weight is 384 g/mol. The summed E-state index contributed by atoms with van der Waals surface area (Å²) in [6, 6.07) is 13.8. The van der Waals surface area contributed by atoms with Gasteiger partial charge in [0.2, 0.25) is 0 Å². The van der Waals surface area contributed by atoms with Gasteiger partial charge >= 0.3 is 0 Å². The Balaban J connectivity index is 2.07. The number of ether oxygens (including phenoxy) is 2. The number of hydrogen-bond acceptors (Lipinski definition) is 5. The third-order valence-electron chi connectivity index (χ3n) is 4.31. The average Bonchev–Trinajstić information content (AvgIpc) is 2.65. The minimum atomic E-state index is -1.24. The molecule has 0 radical (unpaired) electrons. The summed E-state index contributed by atoms with van der Waals surface area (Å²) in [4.78, 5) is 23.5. The van der Waals surface area contributed by atoms with Gasteiger partial charge in [-0.15, -0.1) is 0 Å². The second-order valence-electron chi connectivity index (χ2n) is 7.51. The molecule has 6 heteroatoms. The molecule has 0 heterocycles. The molecule has 1 N–H and O–H groups in total. The van der Waals surface area contributed by atoms with Crippen LogP contribution in [0, 0.1) is 0 Å². The quantitative estimate of drug-likeness (QED) is 0.755. The van der Waals surface area contributed by atoms with Gasteiger partial charge in [-0.1, -0.05) is 57.2 Å². The molecule has 0 unspecified atom stereocenters. The molecule has 0 saturated carbocycles. The Morgan fingerprint density at radius 2 is 1.64 bits per heavy atom. The number of rotatable bonds is 8. The number of carbonyl (C=O) groups is 2. The smallest absolute Gasteiger partial charge is 0.258 e. The molecule has 150 valence electrons. The van der Waals surface area contributed by atoms with E-state index in [4.69, 9.17) is 9.47 Å². The topological polar surface area (TPSA) is 87.7 Å². The molecule has 6 nitrogen and oxygen atoms in total. The summed E-state index contributed by atoms with van der Waals surface area (Å²) in [7, 11) is 1.51. The second kappa shape index (κ2) is 9.26. The Labute approximate surface area is 165 Å². The maximum atomic E-state index is 12.3. The van der Waals surface area contributed by atoms with E-state index in [1.54, 1.807) is 24.3 Å². The number of carbonyl (C=O) groups excluding carboxylic acids is 2. The van der Waals surface area contributed by atoms with Crippen molar-refractivity contribution in [2.75, 3.05) is 13.7 Å². The van der Waals surface area contributed by atoms with Crippen LogP contribution in [0.25, 0.3) is 0 Å². The highest BCUT2D eigenvalue weighted by molar-refractivity contribution is 5.79. The van der Waals surface area contributed by atoms with Crippen LogP contribution in [0.1, 0.15) is 44.4 Å². The SMILES string of the molecule is COc1ccccc1OCC(=O)N[C@H](CC(=O)[O-])c1ccc(C(C)(C)C)cc1. The first kappa shape index (κ1) is 21.3. The molecule has 0 aliphatic carbocycles. The highest BCUT2D eigenvalue weighted by atomic mass is 16.5. The summed E-state index contributed by atoms with van der Waals surface area (Å²) >= 11 is 0. The van der Waals surface area contributed by atoms with Crippen molar-refractivity contribution in [1.82, 2.24) is 5.32 Å². The predicted octanol–water partition coefficient (Wildman–Crippen LogP) is 2.37. The van der Waals surface area contributed by atoms with Crippen molar-refractivity contribution in [1.29, 1.82) is 0 Å². The Bertz CT molecular complexity index is 808. The first-order chi connectivity index (χ1) is 13.2. The van der Waals surface area contributed by atoms with E-state index in [1.807, 2.05) is 24.3 Å². The molecular formula is C22H26NO5-. The maximum absolute atomic E-state index is 12.3. The number of methoxy groups -OCH3 is 1. The van der Waals surface area contributed by atoms with Crippen LogP contribution >= 0.6 is 0 Å². The van der Waals surface area contributed by atoms with E-state index in [1.165, 1.54) is 7.11 Å². The lowest BCUT2D eigenvalue weighted by Gasteiger charge is -2.23. The first-order valence-corrected chi connectivity index (χ1v) is 9.06. The van der Waals surface area contributed by atoms with Crippen LogP contribution in [0.5, 0.6) is 11.5 Å². The number of carboxylic acids is 1. The monoisotopic (exact) mass is 384 g/mol. The van der Waals surface area contributed by atoms with Crippen LogP contribution in [0.2, 0.25) is 0 Å². The third kappa shape index (κ3) is 6.01. The molecule has 0 aliphatic heterocycles. The zero-order valence-electron chi connectivity index (χ0n) is 16.7. The molecular weight excluding hydrogens is 358 g/mol. The maximum Gasteiger partial charge on any atom is 0.258 e. The zero-order valence-corrected chi connectivity index (χ0v) is 16.7. The summed E-state index contributed by atoms with van der Waals surface area (Å²) in [6.45, 7) is 6.02. The molecule has 1 atom stereocenters. The van der Waals surface area contributed by atoms with Crippen molar-refractivity contribution in [2.24, 2.45) is 0 Å². The third-order valence-corrected chi connectivity index (χ3v) is 4.31. The lowest BCUT2D eigenvalue weighted by molar-refractivity contribution is -0.306. The Kier molecular flexibility index (Phi) is 7.04. The molecule has 1 amide bonds. The number of aliphatic carboxylic acids is 1. The van der Waals surface area contributed by atoms with Crippen LogP contribution in [-0.2, 0) is 15.0 Å². The van der Waals surface area contributed by atoms with Crippen molar-refractivity contribution < 1.29 is 24.2 Å². The molecule has 2 rings (SSSR count). The van der Waals surface area contributed by atoms with E-state index in [-0.39, 0.29) is 18.4 Å². The highest BCUT2D eigenvalue weighted by Gasteiger charge is 2.18. The van der Waals surface area contributed by atoms with Gasteiger partial charge in [0.05, 0.1) is 13.2 Å². The van der Waals surface area contributed by atoms with Gasteiger partial charge < -0.3 is 24.7 Å². The largest absolute Gasteiger partial charge is 0.550 e. The number of amides is 1. The summed E-state index contributed by atoms with van der Waals surface area (Å²) in [5, 5.41) is 13.8. The molecule has 28 heavy (non-hydrogen) atoms. The van der Waals surface area contributed by atoms with E-state index in [0.29, 0.717) is 17.1 Å². The first-order valence-electron chi connectivity index (χ1n) is 9.06. The van der Waals surface area contributed by atoms with Gasteiger partial charge in [0.1, 0.15) is 0 Å². The van der Waals surface area contributed by atoms with Crippen molar-refractivity contribution >= 4 is 11.9 Å². The van der Waals surface area contributed by atoms with Gasteiger partial charge in [-0.25, -0.2) is 0 Å². The van der Waals surface area contributed by atoms with Crippen molar-refractivity contribution in [3.05, 3.63) is 59.7 Å². The molecule has 2 aromatic carbocycles. The van der Waals surface area contributed by atoms with E-state index in [2.05, 4.69) is 26.1 Å². The standard InChI is InChI=1S/C22H27NO5/c1-22(2,3)16-11-9-15(10-12-16)17(13-21(25)26)23-20(24)14-28-19-8-6-5-7-18(19)27-4/h5-12,17H,13-14H2,1-4H3,(H,23,24)(H,25,26)/p-1/t17-/m1/s1. The fraction of sp³-hybridized carbons (Fsp3) is 0.364. The van der Waals surface area contributed by atoms with E-state index >= 15 is 0 Å². The Morgan fingerprint density at radius 3 is 2.18 bits per heavy atom. The lowest BCUT2D eigenvalue weighted by Crippen LogP contribution is -2.36. The van der Waals surface area contributed by atoms with E-state index in [9.17, 15) is 14.7 Å². The van der Waals surface area contributed by atoms with Crippen molar-refractivity contribution in [2.45, 2.75) is 38.6 Å². The number of benzene rings is 2. The fourth-order valence-corrected chi connectivity index (χ4v) is 2.75. The summed E-state index contributed by atoms with van der Waals surface area (Å²) in [5.74, 6) is -0.724. The van der Waals surface area contributed by atoms with E-state index < -0.39 is 17.9 Å². The van der Waals surface area contributed by atoms with Gasteiger partial charge in [0.25, 0.3) is 5.91 Å². The Morgan fingerprint density at radius 1 is 1.04 bits per heavy atom. The van der Waals surface area contributed by atoms with Gasteiger partial charge in [0.15, 0.2) is 18.1 Å². The minimum absolute atomic E-state index is 0.0196. The van der Waals surface area contributed by atoms with E-state index in [0.717, 1.165) is 5.56 Å². The van der Waals surface area contributed by atoms with Gasteiger partial charge in [0, 0.05) is 12.4 Å². The number of para-hydroxylation sites is 2. The molecule has 0 saturated heterocycles. The van der Waals surface area contributed by atoms with Crippen molar-refractivity contribution in [3.8, 4) is 11.5 Å². The molecule has 0 fully saturated rings. The number of hydrogen-bond donors (Lipinski definition) is 1. The molecule has 2 aromatic rings. The Hall–Kier alpha value is -3.02. The summed E-state index contributed by atoms with van der Waals surface area (Å²) in [5.41, 5.74) is 1.80. The molecule has 0 aliphatic rings. The molecule has 0 spiro atoms. The van der Waals surface area contributed by atoms with Crippen LogP contribution in [0.15, 0.2) is 48.5 Å². The minimum Gasteiger partial charge on any atom is -0.550 e. The summed E-state index contributed by atoms with van der Waals surface area (Å²) in [6.07, 6.45) is -0.324.